The van der Waals surface area contributed by atoms with Crippen LogP contribution < -0.4 is 16.9 Å². The average molecular weight is 382 g/mol. The number of hydrogen-bond donors (Lipinski definition) is 3. The summed E-state index contributed by atoms with van der Waals surface area (Å²) in [5.41, 5.74) is 8.12. The zero-order chi connectivity index (χ0) is 19.4. The third-order valence-electron chi connectivity index (χ3n) is 3.76. The van der Waals surface area contributed by atoms with Gasteiger partial charge in [-0.15, -0.1) is 10.2 Å². The Morgan fingerprint density at radius 1 is 1.07 bits per heavy atom. The molecule has 0 bridgehead atoms. The van der Waals surface area contributed by atoms with E-state index in [2.05, 4.69) is 15.5 Å². The SMILES string of the molecule is Cc1ccc(-c2nnc(SCC(=O)Nc3ccc(C(N)=O)cc3)n2N)cc1. The van der Waals surface area contributed by atoms with Gasteiger partial charge < -0.3 is 16.9 Å². The number of rotatable bonds is 6. The number of nitrogens with zero attached hydrogens (tertiary/aromatic N) is 3. The molecule has 2 aromatic carbocycles. The minimum absolute atomic E-state index is 0.112. The van der Waals surface area contributed by atoms with E-state index in [1.54, 1.807) is 24.3 Å². The Morgan fingerprint density at radius 2 is 1.74 bits per heavy atom. The lowest BCUT2D eigenvalue weighted by molar-refractivity contribution is -0.113. The number of primary amides is 1. The number of nitrogens with two attached hydrogens (primary N) is 2. The number of carbonyl (C=O) groups excluding carboxylic acids is 2. The molecule has 0 fully saturated rings. The van der Waals surface area contributed by atoms with Crippen LogP contribution in [-0.2, 0) is 4.79 Å². The van der Waals surface area contributed by atoms with Gasteiger partial charge in [0.15, 0.2) is 5.82 Å². The van der Waals surface area contributed by atoms with Crippen LogP contribution in [0.1, 0.15) is 15.9 Å². The van der Waals surface area contributed by atoms with E-state index >= 15 is 0 Å². The molecule has 1 heterocycles. The van der Waals surface area contributed by atoms with Gasteiger partial charge in [0.05, 0.1) is 5.75 Å². The van der Waals surface area contributed by atoms with Crippen LogP contribution in [-0.4, -0.2) is 32.4 Å². The first-order chi connectivity index (χ1) is 12.9. The molecule has 0 aliphatic rings. The molecule has 138 valence electrons. The molecular formula is C18H18N6O2S. The van der Waals surface area contributed by atoms with Crippen LogP contribution in [0.2, 0.25) is 0 Å². The maximum absolute atomic E-state index is 12.1. The quantitative estimate of drug-likeness (QED) is 0.440. The number of nitrogens with one attached hydrogen (secondary N) is 1. The molecular weight excluding hydrogens is 364 g/mol. The maximum atomic E-state index is 12.1. The summed E-state index contributed by atoms with van der Waals surface area (Å²) in [6, 6.07) is 14.1. The third-order valence-corrected chi connectivity index (χ3v) is 4.70. The highest BCUT2D eigenvalue weighted by atomic mass is 32.2. The monoisotopic (exact) mass is 382 g/mol. The van der Waals surface area contributed by atoms with E-state index in [9.17, 15) is 9.59 Å². The second kappa shape index (κ2) is 7.92. The van der Waals surface area contributed by atoms with E-state index in [1.807, 2.05) is 31.2 Å². The lowest BCUT2D eigenvalue weighted by atomic mass is 10.1. The van der Waals surface area contributed by atoms with Crippen LogP contribution in [0.15, 0.2) is 53.7 Å². The van der Waals surface area contributed by atoms with Gasteiger partial charge in [-0.25, -0.2) is 4.68 Å². The number of carbonyl (C=O) groups is 2. The molecule has 0 saturated carbocycles. The molecule has 0 unspecified atom stereocenters. The first kappa shape index (κ1) is 18.5. The van der Waals surface area contributed by atoms with E-state index in [1.165, 1.54) is 16.4 Å². The van der Waals surface area contributed by atoms with Gasteiger partial charge in [-0.05, 0) is 31.2 Å². The third kappa shape index (κ3) is 4.45. The highest BCUT2D eigenvalue weighted by Gasteiger charge is 2.14. The second-order valence-corrected chi connectivity index (χ2v) is 6.76. The smallest absolute Gasteiger partial charge is 0.248 e. The molecule has 2 amide bonds. The Kier molecular flexibility index (Phi) is 5.41. The molecule has 0 radical (unpaired) electrons. The predicted molar refractivity (Wildman–Crippen MR) is 105 cm³/mol. The number of aromatic nitrogens is 3. The molecule has 0 aliphatic heterocycles. The summed E-state index contributed by atoms with van der Waals surface area (Å²) in [4.78, 5) is 23.2. The van der Waals surface area contributed by atoms with E-state index < -0.39 is 5.91 Å². The number of hydrogen-bond acceptors (Lipinski definition) is 6. The standard InChI is InChI=1S/C18H18N6O2S/c1-11-2-4-13(5-3-11)17-22-23-18(24(17)20)27-10-15(25)21-14-8-6-12(7-9-14)16(19)26/h2-9H,10,20H2,1H3,(H2,19,26)(H,21,25). The summed E-state index contributed by atoms with van der Waals surface area (Å²) >= 11 is 1.18. The predicted octanol–water partition coefficient (Wildman–Crippen LogP) is 1.80. The Hall–Kier alpha value is -3.33. The number of thioether (sulfide) groups is 1. The molecule has 1 aromatic heterocycles. The van der Waals surface area contributed by atoms with Crippen molar-refractivity contribution < 1.29 is 9.59 Å². The molecule has 8 nitrogen and oxygen atoms in total. The first-order valence-electron chi connectivity index (χ1n) is 8.04. The van der Waals surface area contributed by atoms with Crippen LogP contribution in [0.5, 0.6) is 0 Å². The maximum Gasteiger partial charge on any atom is 0.248 e. The number of amides is 2. The van der Waals surface area contributed by atoms with Crippen molar-refractivity contribution in [1.29, 1.82) is 0 Å². The topological polar surface area (TPSA) is 129 Å². The lowest BCUT2D eigenvalue weighted by Crippen LogP contribution is -2.16. The zero-order valence-electron chi connectivity index (χ0n) is 14.5. The van der Waals surface area contributed by atoms with E-state index in [0.29, 0.717) is 22.2 Å². The molecule has 3 aromatic rings. The van der Waals surface area contributed by atoms with Gasteiger partial charge in [-0.1, -0.05) is 41.6 Å². The van der Waals surface area contributed by atoms with Crippen LogP contribution in [0, 0.1) is 6.92 Å². The Labute approximate surface area is 159 Å². The molecule has 27 heavy (non-hydrogen) atoms. The first-order valence-corrected chi connectivity index (χ1v) is 9.02. The Morgan fingerprint density at radius 3 is 2.37 bits per heavy atom. The van der Waals surface area contributed by atoms with Crippen molar-refractivity contribution in [3.63, 3.8) is 0 Å². The summed E-state index contributed by atoms with van der Waals surface area (Å²) in [7, 11) is 0. The van der Waals surface area contributed by atoms with E-state index in [-0.39, 0.29) is 11.7 Å². The number of benzene rings is 2. The normalized spacial score (nSPS) is 10.6. The average Bonchev–Trinajstić information content (AvgIpc) is 3.02. The van der Waals surface area contributed by atoms with E-state index in [0.717, 1.165) is 11.1 Å². The van der Waals surface area contributed by atoms with E-state index in [4.69, 9.17) is 11.6 Å². The van der Waals surface area contributed by atoms with Crippen LogP contribution in [0.3, 0.4) is 0 Å². The van der Waals surface area contributed by atoms with Crippen LogP contribution >= 0.6 is 11.8 Å². The number of anilines is 1. The summed E-state index contributed by atoms with van der Waals surface area (Å²) in [6.07, 6.45) is 0. The van der Waals surface area contributed by atoms with Gasteiger partial charge in [-0.3, -0.25) is 9.59 Å². The van der Waals surface area contributed by atoms with Crippen LogP contribution in [0.25, 0.3) is 11.4 Å². The minimum Gasteiger partial charge on any atom is -0.366 e. The lowest BCUT2D eigenvalue weighted by Gasteiger charge is -2.06. The zero-order valence-corrected chi connectivity index (χ0v) is 15.4. The second-order valence-electron chi connectivity index (χ2n) is 5.82. The molecule has 0 aliphatic carbocycles. The van der Waals surface area contributed by atoms with Crippen molar-refractivity contribution in [2.24, 2.45) is 5.73 Å². The fourth-order valence-electron chi connectivity index (χ4n) is 2.32. The van der Waals surface area contributed by atoms with Crippen molar-refractivity contribution in [2.75, 3.05) is 16.9 Å². The van der Waals surface area contributed by atoms with Crippen molar-refractivity contribution >= 4 is 29.3 Å². The van der Waals surface area contributed by atoms with Crippen molar-refractivity contribution in [3.8, 4) is 11.4 Å². The van der Waals surface area contributed by atoms with Gasteiger partial charge in [0.1, 0.15) is 0 Å². The Balaban J connectivity index is 1.60. The minimum atomic E-state index is -0.518. The summed E-state index contributed by atoms with van der Waals surface area (Å²) in [5.74, 6) is 5.94. The highest BCUT2D eigenvalue weighted by molar-refractivity contribution is 7.99. The molecule has 0 spiro atoms. The van der Waals surface area contributed by atoms with Gasteiger partial charge in [0.25, 0.3) is 0 Å². The van der Waals surface area contributed by atoms with Crippen molar-refractivity contribution in [1.82, 2.24) is 14.9 Å². The van der Waals surface area contributed by atoms with Gasteiger partial charge in [0.2, 0.25) is 17.0 Å². The summed E-state index contributed by atoms with van der Waals surface area (Å²) in [6.45, 7) is 2.00. The Bertz CT molecular complexity index is 967. The van der Waals surface area contributed by atoms with Crippen LogP contribution in [0.4, 0.5) is 5.69 Å². The van der Waals surface area contributed by atoms with Crippen molar-refractivity contribution in [2.45, 2.75) is 12.1 Å². The fourth-order valence-corrected chi connectivity index (χ4v) is 2.98. The summed E-state index contributed by atoms with van der Waals surface area (Å²) in [5, 5.41) is 11.3. The van der Waals surface area contributed by atoms with Gasteiger partial charge in [-0.2, -0.15) is 0 Å². The molecule has 0 atom stereocenters. The largest absolute Gasteiger partial charge is 0.366 e. The van der Waals surface area contributed by atoms with Crippen molar-refractivity contribution in [3.05, 3.63) is 59.7 Å². The number of aryl methyl sites for hydroxylation is 1. The highest BCUT2D eigenvalue weighted by Crippen LogP contribution is 2.22. The van der Waals surface area contributed by atoms with Gasteiger partial charge >= 0.3 is 0 Å². The number of nitrogen functional groups attached to an aromatic ring is 1. The van der Waals surface area contributed by atoms with Gasteiger partial charge in [0, 0.05) is 16.8 Å². The molecule has 0 saturated heterocycles. The molecule has 9 heteroatoms. The molecule has 3 rings (SSSR count). The summed E-state index contributed by atoms with van der Waals surface area (Å²) < 4.78 is 1.37. The fraction of sp³-hybridized carbons (Fsp3) is 0.111. The molecule has 5 N–H and O–H groups in total.